The molecule has 5 heteroatoms. The number of rotatable bonds is 3. The van der Waals surface area contributed by atoms with E-state index in [1.165, 1.54) is 16.9 Å². The van der Waals surface area contributed by atoms with E-state index in [0.29, 0.717) is 0 Å². The van der Waals surface area contributed by atoms with Crippen LogP contribution in [0.3, 0.4) is 0 Å². The van der Waals surface area contributed by atoms with Crippen molar-refractivity contribution in [3.05, 3.63) is 46.8 Å². The van der Waals surface area contributed by atoms with Gasteiger partial charge >= 0.3 is 0 Å². The first-order valence-electron chi connectivity index (χ1n) is 6.57. The number of thiophene rings is 1. The molecular formula is C15H17NO2S2. The Morgan fingerprint density at radius 2 is 2.25 bits per heavy atom. The van der Waals surface area contributed by atoms with Crippen molar-refractivity contribution in [1.82, 2.24) is 0 Å². The number of methoxy groups -OCH3 is 1. The molecule has 0 amide bonds. The van der Waals surface area contributed by atoms with Crippen LogP contribution in [0.5, 0.6) is 5.75 Å². The number of aryl methyl sites for hydroxylation is 1. The second kappa shape index (κ2) is 5.68. The van der Waals surface area contributed by atoms with Crippen molar-refractivity contribution in [3.63, 3.8) is 0 Å². The second-order valence-electron chi connectivity index (χ2n) is 4.90. The van der Waals surface area contributed by atoms with Crippen LogP contribution >= 0.6 is 11.3 Å². The van der Waals surface area contributed by atoms with Gasteiger partial charge < -0.3 is 10.5 Å². The van der Waals surface area contributed by atoms with E-state index in [0.717, 1.165) is 28.4 Å². The number of ether oxygens (including phenoxy) is 1. The van der Waals surface area contributed by atoms with Crippen molar-refractivity contribution in [3.8, 4) is 5.75 Å². The molecule has 3 atom stereocenters. The van der Waals surface area contributed by atoms with E-state index in [-0.39, 0.29) is 11.3 Å². The fourth-order valence-corrected chi connectivity index (χ4v) is 5.30. The Morgan fingerprint density at radius 3 is 2.95 bits per heavy atom. The van der Waals surface area contributed by atoms with Crippen molar-refractivity contribution in [2.24, 2.45) is 5.73 Å². The van der Waals surface area contributed by atoms with Gasteiger partial charge in [0.05, 0.1) is 27.4 Å². The summed E-state index contributed by atoms with van der Waals surface area (Å²) in [5.74, 6) is 0.807. The summed E-state index contributed by atoms with van der Waals surface area (Å²) in [6.07, 6.45) is 1.79. The molecule has 0 bridgehead atoms. The van der Waals surface area contributed by atoms with Crippen LogP contribution in [0.25, 0.3) is 0 Å². The van der Waals surface area contributed by atoms with Gasteiger partial charge in [0.15, 0.2) is 0 Å². The molecule has 3 unspecified atom stereocenters. The maximum atomic E-state index is 12.6. The Bertz CT molecular complexity index is 625. The third-order valence-corrected chi connectivity index (χ3v) is 6.83. The zero-order chi connectivity index (χ0) is 14.1. The molecule has 3 rings (SSSR count). The van der Waals surface area contributed by atoms with E-state index in [1.807, 2.05) is 29.6 Å². The van der Waals surface area contributed by atoms with E-state index in [1.54, 1.807) is 7.11 Å². The molecule has 0 radical (unpaired) electrons. The van der Waals surface area contributed by atoms with Crippen LogP contribution in [0.4, 0.5) is 0 Å². The Morgan fingerprint density at radius 1 is 1.40 bits per heavy atom. The van der Waals surface area contributed by atoms with E-state index in [4.69, 9.17) is 10.5 Å². The fraction of sp³-hybridized carbons (Fsp3) is 0.333. The highest BCUT2D eigenvalue weighted by Crippen LogP contribution is 2.35. The van der Waals surface area contributed by atoms with Crippen LogP contribution in [0.1, 0.15) is 23.6 Å². The predicted octanol–water partition coefficient (Wildman–Crippen LogP) is 2.88. The lowest BCUT2D eigenvalue weighted by Crippen LogP contribution is -2.34. The molecule has 1 aliphatic carbocycles. The largest absolute Gasteiger partial charge is 0.497 e. The van der Waals surface area contributed by atoms with E-state index in [9.17, 15) is 4.21 Å². The number of fused-ring (bicyclic) bond motifs is 1. The lowest BCUT2D eigenvalue weighted by atomic mass is 9.87. The van der Waals surface area contributed by atoms with Crippen LogP contribution in [0, 0.1) is 0 Å². The summed E-state index contributed by atoms with van der Waals surface area (Å²) in [5.41, 5.74) is 8.70. The SMILES string of the molecule is COc1ccc2c(c1)C(N)C(S(=O)c1cccs1)CC2. The summed E-state index contributed by atoms with van der Waals surface area (Å²) >= 11 is 1.54. The van der Waals surface area contributed by atoms with Crippen LogP contribution in [-0.2, 0) is 17.2 Å². The smallest absolute Gasteiger partial charge is 0.119 e. The zero-order valence-electron chi connectivity index (χ0n) is 11.2. The topological polar surface area (TPSA) is 52.3 Å². The summed E-state index contributed by atoms with van der Waals surface area (Å²) in [4.78, 5) is 0. The van der Waals surface area contributed by atoms with Crippen molar-refractivity contribution >= 4 is 22.1 Å². The first-order valence-corrected chi connectivity index (χ1v) is 8.66. The van der Waals surface area contributed by atoms with Crippen molar-refractivity contribution in [1.29, 1.82) is 0 Å². The maximum absolute atomic E-state index is 12.6. The normalized spacial score (nSPS) is 23.1. The average molecular weight is 307 g/mol. The molecule has 2 aromatic rings. The summed E-state index contributed by atoms with van der Waals surface area (Å²) in [6.45, 7) is 0. The van der Waals surface area contributed by atoms with Crippen molar-refractivity contribution < 1.29 is 8.95 Å². The highest BCUT2D eigenvalue weighted by atomic mass is 32.2. The summed E-state index contributed by atoms with van der Waals surface area (Å²) in [7, 11) is 0.618. The fourth-order valence-electron chi connectivity index (χ4n) is 2.68. The maximum Gasteiger partial charge on any atom is 0.119 e. The highest BCUT2D eigenvalue weighted by Gasteiger charge is 2.32. The number of hydrogen-bond acceptors (Lipinski definition) is 4. The van der Waals surface area contributed by atoms with Gasteiger partial charge in [-0.15, -0.1) is 11.3 Å². The summed E-state index contributed by atoms with van der Waals surface area (Å²) in [6, 6.07) is 9.67. The Labute approximate surface area is 125 Å². The van der Waals surface area contributed by atoms with Gasteiger partial charge in [-0.2, -0.15) is 0 Å². The molecule has 0 aliphatic heterocycles. The molecule has 1 heterocycles. The molecule has 3 nitrogen and oxygen atoms in total. The standard InChI is InChI=1S/C15H17NO2S2/c1-18-11-6-4-10-5-7-13(15(16)12(10)9-11)20(17)14-3-2-8-19-14/h2-4,6,8-9,13,15H,5,7,16H2,1H3. The minimum atomic E-state index is -1.03. The van der Waals surface area contributed by atoms with Gasteiger partial charge in [0.25, 0.3) is 0 Å². The summed E-state index contributed by atoms with van der Waals surface area (Å²) < 4.78 is 18.8. The minimum absolute atomic E-state index is 0.0201. The Balaban J connectivity index is 1.92. The number of nitrogens with two attached hydrogens (primary N) is 1. The molecule has 106 valence electrons. The number of hydrogen-bond donors (Lipinski definition) is 1. The van der Waals surface area contributed by atoms with Gasteiger partial charge in [-0.1, -0.05) is 12.1 Å². The Kier molecular flexibility index (Phi) is 3.92. The third kappa shape index (κ3) is 2.41. The van der Waals surface area contributed by atoms with Crippen molar-refractivity contribution in [2.75, 3.05) is 7.11 Å². The van der Waals surface area contributed by atoms with Crippen LogP contribution in [-0.4, -0.2) is 16.6 Å². The summed E-state index contributed by atoms with van der Waals surface area (Å²) in [5, 5.41) is 1.94. The molecule has 0 fully saturated rings. The quantitative estimate of drug-likeness (QED) is 0.948. The molecule has 1 aromatic heterocycles. The van der Waals surface area contributed by atoms with Crippen LogP contribution in [0.2, 0.25) is 0 Å². The van der Waals surface area contributed by atoms with E-state index >= 15 is 0 Å². The van der Waals surface area contributed by atoms with Crippen LogP contribution in [0.15, 0.2) is 39.9 Å². The van der Waals surface area contributed by atoms with Gasteiger partial charge in [-0.25, -0.2) is 0 Å². The van der Waals surface area contributed by atoms with E-state index < -0.39 is 10.8 Å². The van der Waals surface area contributed by atoms with Crippen LogP contribution < -0.4 is 10.5 Å². The molecule has 1 aliphatic rings. The number of benzene rings is 1. The lowest BCUT2D eigenvalue weighted by molar-refractivity contribution is 0.412. The Hall–Kier alpha value is -1.17. The van der Waals surface area contributed by atoms with Gasteiger partial charge in [0, 0.05) is 6.04 Å². The monoisotopic (exact) mass is 307 g/mol. The first kappa shape index (κ1) is 13.8. The molecule has 0 spiro atoms. The minimum Gasteiger partial charge on any atom is -0.497 e. The van der Waals surface area contributed by atoms with E-state index in [2.05, 4.69) is 6.07 Å². The molecule has 20 heavy (non-hydrogen) atoms. The zero-order valence-corrected chi connectivity index (χ0v) is 12.9. The molecule has 2 N–H and O–H groups in total. The highest BCUT2D eigenvalue weighted by molar-refractivity contribution is 7.88. The average Bonchev–Trinajstić information content (AvgIpc) is 3.01. The lowest BCUT2D eigenvalue weighted by Gasteiger charge is -2.30. The third-order valence-electron chi connectivity index (χ3n) is 3.78. The predicted molar refractivity (Wildman–Crippen MR) is 82.8 cm³/mol. The van der Waals surface area contributed by atoms with Gasteiger partial charge in [0.2, 0.25) is 0 Å². The molecule has 0 saturated heterocycles. The van der Waals surface area contributed by atoms with Gasteiger partial charge in [-0.3, -0.25) is 4.21 Å². The van der Waals surface area contributed by atoms with Crippen molar-refractivity contribution in [2.45, 2.75) is 28.3 Å². The molecule has 1 aromatic carbocycles. The molecule has 0 saturated carbocycles. The van der Waals surface area contributed by atoms with Gasteiger partial charge in [-0.05, 0) is 47.5 Å². The molecular weight excluding hydrogens is 290 g/mol. The second-order valence-corrected chi connectivity index (χ2v) is 7.74. The van der Waals surface area contributed by atoms with Gasteiger partial charge in [0.1, 0.15) is 5.75 Å². The first-order chi connectivity index (χ1) is 9.70.